The zero-order chi connectivity index (χ0) is 27.0. The molecule has 0 saturated heterocycles. The van der Waals surface area contributed by atoms with Crippen LogP contribution in [0.25, 0.3) is 11.0 Å². The highest BCUT2D eigenvalue weighted by molar-refractivity contribution is 8.03. The number of cyclic esters (lactones) is 1. The number of aromatic nitrogens is 2. The Hall–Kier alpha value is -2.35. The van der Waals surface area contributed by atoms with Gasteiger partial charge in [0.25, 0.3) is 0 Å². The van der Waals surface area contributed by atoms with E-state index >= 15 is 0 Å². The number of esters is 1. The summed E-state index contributed by atoms with van der Waals surface area (Å²) in [4.78, 5) is 18.2. The minimum Gasteiger partial charge on any atom is -0.511 e. The first-order valence-corrected chi connectivity index (χ1v) is 14.6. The second-order valence-corrected chi connectivity index (χ2v) is 12.3. The highest BCUT2D eigenvalue weighted by Gasteiger charge is 2.48. The molecular formula is C29H32Cl2N2O4S. The smallest absolute Gasteiger partial charge is 0.349 e. The molecule has 1 aliphatic heterocycles. The molecule has 2 aromatic carbocycles. The summed E-state index contributed by atoms with van der Waals surface area (Å²) in [7, 11) is 1.88. The van der Waals surface area contributed by atoms with E-state index in [2.05, 4.69) is 4.98 Å². The maximum Gasteiger partial charge on any atom is 0.349 e. The predicted molar refractivity (Wildman–Crippen MR) is 152 cm³/mol. The number of hydrogen-bond acceptors (Lipinski definition) is 6. The van der Waals surface area contributed by atoms with Crippen LogP contribution >= 0.6 is 35.0 Å². The molecule has 1 atom stereocenters. The standard InChI is InChI=1S/C29H32Cl2N2O4S/c1-17(2)36-25-11-8-18(14-21(25)31)12-13-29(19-6-4-5-7-19)16-24(34)26(27(35)37-29)38-28-32-22-15-20(30)9-10-23(22)33(28)3/h8-11,14-15,17,19,34H,4-7,12-13,16H2,1-3H3. The van der Waals surface area contributed by atoms with Crippen LogP contribution in [0.4, 0.5) is 0 Å². The van der Waals surface area contributed by atoms with E-state index in [1.54, 1.807) is 12.1 Å². The Labute approximate surface area is 237 Å². The summed E-state index contributed by atoms with van der Waals surface area (Å²) in [6, 6.07) is 11.3. The fraction of sp³-hybridized carbons (Fsp3) is 0.448. The number of rotatable bonds is 8. The molecule has 1 fully saturated rings. The second-order valence-electron chi connectivity index (χ2n) is 10.5. The van der Waals surface area contributed by atoms with Crippen LogP contribution in [-0.4, -0.2) is 32.3 Å². The summed E-state index contributed by atoms with van der Waals surface area (Å²) in [5.74, 6) is 0.444. The molecule has 9 heteroatoms. The van der Waals surface area contributed by atoms with Crippen LogP contribution < -0.4 is 4.74 Å². The van der Waals surface area contributed by atoms with Crippen molar-refractivity contribution in [3.8, 4) is 5.75 Å². The lowest BCUT2D eigenvalue weighted by atomic mass is 9.77. The van der Waals surface area contributed by atoms with Crippen LogP contribution in [0.3, 0.4) is 0 Å². The van der Waals surface area contributed by atoms with Crippen molar-refractivity contribution in [2.24, 2.45) is 13.0 Å². The van der Waals surface area contributed by atoms with Crippen molar-refractivity contribution in [3.63, 3.8) is 0 Å². The summed E-state index contributed by atoms with van der Waals surface area (Å²) < 4.78 is 13.9. The van der Waals surface area contributed by atoms with E-state index < -0.39 is 11.6 Å². The van der Waals surface area contributed by atoms with Crippen LogP contribution in [0.1, 0.15) is 57.9 Å². The van der Waals surface area contributed by atoms with Gasteiger partial charge in [-0.1, -0.05) is 42.1 Å². The van der Waals surface area contributed by atoms with Crippen molar-refractivity contribution in [1.82, 2.24) is 9.55 Å². The van der Waals surface area contributed by atoms with Gasteiger partial charge in [0.1, 0.15) is 22.0 Å². The highest BCUT2D eigenvalue weighted by atomic mass is 35.5. The monoisotopic (exact) mass is 574 g/mol. The molecule has 1 N–H and O–H groups in total. The van der Waals surface area contributed by atoms with Gasteiger partial charge in [0.05, 0.1) is 22.2 Å². The summed E-state index contributed by atoms with van der Waals surface area (Å²) in [6.45, 7) is 3.93. The van der Waals surface area contributed by atoms with E-state index in [0.717, 1.165) is 54.0 Å². The minimum absolute atomic E-state index is 0.0365. The third kappa shape index (κ3) is 5.51. The lowest BCUT2D eigenvalue weighted by molar-refractivity contribution is -0.166. The van der Waals surface area contributed by atoms with Crippen LogP contribution in [0.2, 0.25) is 10.0 Å². The Morgan fingerprint density at radius 3 is 2.66 bits per heavy atom. The van der Waals surface area contributed by atoms with Crippen LogP contribution in [-0.2, 0) is 23.0 Å². The van der Waals surface area contributed by atoms with Gasteiger partial charge >= 0.3 is 5.97 Å². The van der Waals surface area contributed by atoms with Crippen molar-refractivity contribution >= 4 is 52.0 Å². The van der Waals surface area contributed by atoms with E-state index in [1.807, 2.05) is 49.7 Å². The molecule has 0 radical (unpaired) electrons. The van der Waals surface area contributed by atoms with Crippen molar-refractivity contribution in [2.45, 2.75) is 75.7 Å². The maximum atomic E-state index is 13.4. The zero-order valence-corrected chi connectivity index (χ0v) is 24.1. The Bertz CT molecular complexity index is 1400. The lowest BCUT2D eigenvalue weighted by Gasteiger charge is -2.41. The molecule has 1 saturated carbocycles. The third-order valence-corrected chi connectivity index (χ3v) is 9.18. The Morgan fingerprint density at radius 2 is 1.97 bits per heavy atom. The maximum absolute atomic E-state index is 13.4. The number of imidazole rings is 1. The van der Waals surface area contributed by atoms with Gasteiger partial charge in [0.2, 0.25) is 0 Å². The number of fused-ring (bicyclic) bond motifs is 1. The number of halogens is 2. The van der Waals surface area contributed by atoms with Crippen LogP contribution in [0.5, 0.6) is 5.75 Å². The summed E-state index contributed by atoms with van der Waals surface area (Å²) in [5.41, 5.74) is 1.92. The molecule has 6 nitrogen and oxygen atoms in total. The second kappa shape index (κ2) is 11.0. The SMILES string of the molecule is CC(C)Oc1ccc(CCC2(C3CCCC3)CC(O)=C(Sc3nc4cc(Cl)ccc4n3C)C(=O)O2)cc1Cl. The number of carbonyl (C=O) groups excluding carboxylic acids is 1. The number of benzene rings is 2. The number of ether oxygens (including phenoxy) is 2. The van der Waals surface area contributed by atoms with E-state index in [4.69, 9.17) is 32.7 Å². The third-order valence-electron chi connectivity index (χ3n) is 7.50. The number of carbonyl (C=O) groups is 1. The zero-order valence-electron chi connectivity index (χ0n) is 21.8. The first-order chi connectivity index (χ1) is 18.1. The molecule has 1 aromatic heterocycles. The molecule has 0 amide bonds. The number of aryl methyl sites for hydroxylation is 2. The molecule has 2 aliphatic rings. The first-order valence-electron chi connectivity index (χ1n) is 13.1. The fourth-order valence-corrected chi connectivity index (χ4v) is 6.90. The lowest BCUT2D eigenvalue weighted by Crippen LogP contribution is -2.45. The number of nitrogens with zero attached hydrogens (tertiary/aromatic N) is 2. The molecule has 0 spiro atoms. The van der Waals surface area contributed by atoms with Crippen molar-refractivity contribution in [3.05, 3.63) is 62.7 Å². The van der Waals surface area contributed by atoms with Gasteiger partial charge in [-0.2, -0.15) is 0 Å². The average Bonchev–Trinajstić information content (AvgIpc) is 3.50. The predicted octanol–water partition coefficient (Wildman–Crippen LogP) is 8.04. The molecule has 5 rings (SSSR count). The van der Waals surface area contributed by atoms with Gasteiger partial charge in [-0.05, 0) is 93.1 Å². The molecular weight excluding hydrogens is 543 g/mol. The topological polar surface area (TPSA) is 73.6 Å². The number of hydrogen-bond donors (Lipinski definition) is 1. The van der Waals surface area contributed by atoms with Gasteiger partial charge in [-0.3, -0.25) is 0 Å². The van der Waals surface area contributed by atoms with E-state index in [0.29, 0.717) is 40.2 Å². The van der Waals surface area contributed by atoms with Gasteiger partial charge < -0.3 is 19.1 Å². The fourth-order valence-electron chi connectivity index (χ4n) is 5.61. The van der Waals surface area contributed by atoms with E-state index in [9.17, 15) is 9.90 Å². The molecule has 1 aliphatic carbocycles. The van der Waals surface area contributed by atoms with Gasteiger partial charge in [-0.25, -0.2) is 9.78 Å². The minimum atomic E-state index is -0.749. The van der Waals surface area contributed by atoms with Crippen LogP contribution in [0, 0.1) is 5.92 Å². The average molecular weight is 576 g/mol. The van der Waals surface area contributed by atoms with E-state index in [1.165, 1.54) is 0 Å². The van der Waals surface area contributed by atoms with Crippen molar-refractivity contribution in [2.75, 3.05) is 0 Å². The molecule has 202 valence electrons. The molecule has 1 unspecified atom stereocenters. The quantitative estimate of drug-likeness (QED) is 0.274. The Balaban J connectivity index is 1.39. The molecule has 38 heavy (non-hydrogen) atoms. The normalized spacial score (nSPS) is 20.5. The number of thioether (sulfide) groups is 1. The van der Waals surface area contributed by atoms with Gasteiger partial charge in [-0.15, -0.1) is 0 Å². The Morgan fingerprint density at radius 1 is 1.21 bits per heavy atom. The first kappa shape index (κ1) is 27.2. The number of aliphatic hydroxyl groups excluding tert-OH is 1. The van der Waals surface area contributed by atoms with Crippen molar-refractivity contribution in [1.29, 1.82) is 0 Å². The largest absolute Gasteiger partial charge is 0.511 e. The van der Waals surface area contributed by atoms with Crippen molar-refractivity contribution < 1.29 is 19.4 Å². The summed E-state index contributed by atoms with van der Waals surface area (Å²) in [6.07, 6.45) is 5.78. The number of aliphatic hydroxyl groups is 1. The van der Waals surface area contributed by atoms with Crippen LogP contribution in [0.15, 0.2) is 52.2 Å². The van der Waals surface area contributed by atoms with E-state index in [-0.39, 0.29) is 22.7 Å². The van der Waals surface area contributed by atoms with Gasteiger partial charge in [0.15, 0.2) is 5.16 Å². The van der Waals surface area contributed by atoms with Gasteiger partial charge in [0, 0.05) is 18.5 Å². The molecule has 2 heterocycles. The highest BCUT2D eigenvalue weighted by Crippen LogP contribution is 2.48. The molecule has 3 aromatic rings. The summed E-state index contributed by atoms with van der Waals surface area (Å²) >= 11 is 13.7. The molecule has 0 bridgehead atoms. The Kier molecular flexibility index (Phi) is 7.90. The summed E-state index contributed by atoms with van der Waals surface area (Å²) in [5, 5.41) is 13.0.